The van der Waals surface area contributed by atoms with Gasteiger partial charge in [0.25, 0.3) is 5.60 Å². The Bertz CT molecular complexity index is 436. The molecule has 2 N–H and O–H groups in total. The first kappa shape index (κ1) is 15.8. The summed E-state index contributed by atoms with van der Waals surface area (Å²) in [5.74, 6) is 0. The highest BCUT2D eigenvalue weighted by Gasteiger charge is 2.70. The van der Waals surface area contributed by atoms with Crippen LogP contribution in [0.3, 0.4) is 0 Å². The first-order valence-electron chi connectivity index (χ1n) is 4.63. The van der Waals surface area contributed by atoms with Crippen molar-refractivity contribution in [3.63, 3.8) is 0 Å². The van der Waals surface area contributed by atoms with Gasteiger partial charge in [-0.25, -0.2) is 0 Å². The van der Waals surface area contributed by atoms with E-state index in [2.05, 4.69) is 5.16 Å². The molecule has 1 aromatic heterocycles. The molecule has 0 aromatic carbocycles. The molecule has 1 heterocycles. The second-order valence-electron chi connectivity index (χ2n) is 3.56. The van der Waals surface area contributed by atoms with Crippen molar-refractivity contribution in [2.45, 2.75) is 24.4 Å². The van der Waals surface area contributed by atoms with Gasteiger partial charge in [-0.15, -0.1) is 11.3 Å². The van der Waals surface area contributed by atoms with Crippen LogP contribution in [0.1, 0.15) is 11.3 Å². The average Bonchev–Trinajstić information content (AvgIpc) is 2.75. The van der Waals surface area contributed by atoms with E-state index in [1.165, 1.54) is 17.5 Å². The maximum atomic E-state index is 12.4. The summed E-state index contributed by atoms with van der Waals surface area (Å²) >= 11 is 0.781. The average molecular weight is 307 g/mol. The van der Waals surface area contributed by atoms with Gasteiger partial charge in [0.15, 0.2) is 0 Å². The molecule has 108 valence electrons. The van der Waals surface area contributed by atoms with E-state index in [1.807, 2.05) is 0 Å². The number of aliphatic hydroxyl groups is 1. The van der Waals surface area contributed by atoms with Crippen LogP contribution in [0.15, 0.2) is 22.7 Å². The first-order valence-corrected chi connectivity index (χ1v) is 5.51. The van der Waals surface area contributed by atoms with Crippen molar-refractivity contribution in [3.8, 4) is 0 Å². The van der Waals surface area contributed by atoms with Gasteiger partial charge in [0.05, 0.1) is 4.88 Å². The molecule has 0 aliphatic rings. The SMILES string of the molecule is O/N=C(/CC(O)(C(F)(F)F)C(F)(F)F)c1cccs1. The summed E-state index contributed by atoms with van der Waals surface area (Å²) in [5.41, 5.74) is -5.86. The number of nitrogens with zero attached hydrogens (tertiary/aromatic N) is 1. The van der Waals surface area contributed by atoms with Gasteiger partial charge in [0.1, 0.15) is 5.71 Å². The van der Waals surface area contributed by atoms with Crippen molar-refractivity contribution in [2.24, 2.45) is 5.16 Å². The van der Waals surface area contributed by atoms with E-state index in [9.17, 15) is 26.3 Å². The Balaban J connectivity index is 3.17. The molecule has 0 atom stereocenters. The molecule has 0 saturated carbocycles. The smallest absolute Gasteiger partial charge is 0.411 e. The minimum Gasteiger partial charge on any atom is -0.411 e. The molecule has 0 fully saturated rings. The summed E-state index contributed by atoms with van der Waals surface area (Å²) in [6.07, 6.45) is -13.8. The molecule has 0 saturated heterocycles. The number of thiophene rings is 1. The third kappa shape index (κ3) is 3.00. The molecule has 19 heavy (non-hydrogen) atoms. The van der Waals surface area contributed by atoms with Gasteiger partial charge < -0.3 is 10.3 Å². The van der Waals surface area contributed by atoms with Gasteiger partial charge in [0, 0.05) is 6.42 Å². The summed E-state index contributed by atoms with van der Waals surface area (Å²) in [5, 5.41) is 21.3. The Morgan fingerprint density at radius 1 is 1.16 bits per heavy atom. The monoisotopic (exact) mass is 307 g/mol. The predicted octanol–water partition coefficient (Wildman–Crippen LogP) is 3.17. The molecule has 0 radical (unpaired) electrons. The van der Waals surface area contributed by atoms with Gasteiger partial charge in [-0.2, -0.15) is 26.3 Å². The molecule has 10 heteroatoms. The van der Waals surface area contributed by atoms with Gasteiger partial charge in [-0.05, 0) is 11.4 Å². The Morgan fingerprint density at radius 3 is 2.00 bits per heavy atom. The van der Waals surface area contributed by atoms with E-state index in [0.717, 1.165) is 11.3 Å². The van der Waals surface area contributed by atoms with Crippen LogP contribution in [0.2, 0.25) is 0 Å². The van der Waals surface area contributed by atoms with Gasteiger partial charge >= 0.3 is 12.4 Å². The van der Waals surface area contributed by atoms with Crippen LogP contribution < -0.4 is 0 Å². The third-order valence-electron chi connectivity index (χ3n) is 2.29. The third-order valence-corrected chi connectivity index (χ3v) is 3.21. The lowest BCUT2D eigenvalue weighted by molar-refractivity contribution is -0.365. The number of halogens is 6. The molecular weight excluding hydrogens is 300 g/mol. The van der Waals surface area contributed by atoms with E-state index < -0.39 is 30.1 Å². The molecule has 0 bridgehead atoms. The molecule has 0 spiro atoms. The van der Waals surface area contributed by atoms with Gasteiger partial charge in [0.2, 0.25) is 0 Å². The fourth-order valence-electron chi connectivity index (χ4n) is 1.22. The summed E-state index contributed by atoms with van der Waals surface area (Å²) in [6.45, 7) is 0. The molecule has 0 aliphatic heterocycles. The predicted molar refractivity (Wildman–Crippen MR) is 54.3 cm³/mol. The van der Waals surface area contributed by atoms with Crippen LogP contribution in [0, 0.1) is 0 Å². The lowest BCUT2D eigenvalue weighted by Gasteiger charge is -2.32. The minimum atomic E-state index is -5.95. The maximum Gasteiger partial charge on any atom is 0.426 e. The zero-order chi connectivity index (χ0) is 14.9. The van der Waals surface area contributed by atoms with Crippen molar-refractivity contribution in [2.75, 3.05) is 0 Å². The zero-order valence-electron chi connectivity index (χ0n) is 8.96. The Hall–Kier alpha value is -1.29. The summed E-state index contributed by atoms with van der Waals surface area (Å²) < 4.78 is 74.6. The molecule has 0 unspecified atom stereocenters. The van der Waals surface area contributed by atoms with Crippen LogP contribution in [0.4, 0.5) is 26.3 Å². The quantitative estimate of drug-likeness (QED) is 0.390. The number of hydrogen-bond acceptors (Lipinski definition) is 4. The largest absolute Gasteiger partial charge is 0.426 e. The number of hydrogen-bond donors (Lipinski definition) is 2. The highest BCUT2D eigenvalue weighted by atomic mass is 32.1. The first-order chi connectivity index (χ1) is 8.53. The Labute approximate surface area is 106 Å². The highest BCUT2D eigenvalue weighted by molar-refractivity contribution is 7.12. The Morgan fingerprint density at radius 2 is 1.68 bits per heavy atom. The fraction of sp³-hybridized carbons (Fsp3) is 0.444. The standard InChI is InChI=1S/C9H7F6NO2S/c10-8(11,12)7(17,9(13,14)15)4-5(16-18)6-2-1-3-19-6/h1-3,17-18H,4H2/b16-5-. The Kier molecular flexibility index (Phi) is 4.15. The van der Waals surface area contributed by atoms with E-state index in [4.69, 9.17) is 10.3 Å². The van der Waals surface area contributed by atoms with Gasteiger partial charge in [-0.3, -0.25) is 0 Å². The second kappa shape index (κ2) is 5.00. The van der Waals surface area contributed by atoms with E-state index >= 15 is 0 Å². The summed E-state index contributed by atoms with van der Waals surface area (Å²) in [7, 11) is 0. The molecule has 0 aliphatic carbocycles. The van der Waals surface area contributed by atoms with E-state index in [1.54, 1.807) is 0 Å². The lowest BCUT2D eigenvalue weighted by atomic mass is 9.94. The molecular formula is C9H7F6NO2S. The normalized spacial score (nSPS) is 14.8. The summed E-state index contributed by atoms with van der Waals surface area (Å²) in [4.78, 5) is -0.102. The zero-order valence-corrected chi connectivity index (χ0v) is 9.77. The van der Waals surface area contributed by atoms with Crippen molar-refractivity contribution in [1.82, 2.24) is 0 Å². The molecule has 0 amide bonds. The fourth-order valence-corrected chi connectivity index (χ4v) is 1.93. The number of alkyl halides is 6. The topological polar surface area (TPSA) is 52.8 Å². The second-order valence-corrected chi connectivity index (χ2v) is 4.50. The van der Waals surface area contributed by atoms with Crippen LogP contribution in [-0.2, 0) is 0 Å². The molecule has 3 nitrogen and oxygen atoms in total. The number of oxime groups is 1. The van der Waals surface area contributed by atoms with Crippen LogP contribution in [0.25, 0.3) is 0 Å². The van der Waals surface area contributed by atoms with E-state index in [-0.39, 0.29) is 4.88 Å². The van der Waals surface area contributed by atoms with Crippen molar-refractivity contribution < 1.29 is 36.7 Å². The van der Waals surface area contributed by atoms with Crippen LogP contribution in [0.5, 0.6) is 0 Å². The molecule has 1 rings (SSSR count). The van der Waals surface area contributed by atoms with Crippen LogP contribution in [-0.4, -0.2) is 34.0 Å². The lowest BCUT2D eigenvalue weighted by Crippen LogP contribution is -2.57. The molecule has 1 aromatic rings. The summed E-state index contributed by atoms with van der Waals surface area (Å²) in [6, 6.07) is 2.53. The van der Waals surface area contributed by atoms with Crippen LogP contribution >= 0.6 is 11.3 Å². The van der Waals surface area contributed by atoms with Gasteiger partial charge in [-0.1, -0.05) is 11.2 Å². The highest BCUT2D eigenvalue weighted by Crippen LogP contribution is 2.45. The van der Waals surface area contributed by atoms with Crippen molar-refractivity contribution in [3.05, 3.63) is 22.4 Å². The van der Waals surface area contributed by atoms with E-state index in [0.29, 0.717) is 0 Å². The maximum absolute atomic E-state index is 12.4. The number of rotatable bonds is 3. The van der Waals surface area contributed by atoms with Crippen molar-refractivity contribution >= 4 is 17.0 Å². The minimum absolute atomic E-state index is 0.102. The van der Waals surface area contributed by atoms with Crippen molar-refractivity contribution in [1.29, 1.82) is 0 Å².